The van der Waals surface area contributed by atoms with E-state index in [0.717, 1.165) is 19.3 Å². The maximum absolute atomic E-state index is 12.8. The summed E-state index contributed by atoms with van der Waals surface area (Å²) in [6.45, 7) is 6.39. The summed E-state index contributed by atoms with van der Waals surface area (Å²) in [7, 11) is 0. The first-order valence-corrected chi connectivity index (χ1v) is 7.10. The molecule has 1 aliphatic carbocycles. The lowest BCUT2D eigenvalue weighted by atomic mass is 10.1. The summed E-state index contributed by atoms with van der Waals surface area (Å²) in [4.78, 5) is 6.39. The van der Waals surface area contributed by atoms with Gasteiger partial charge in [0.25, 0.3) is 0 Å². The summed E-state index contributed by atoms with van der Waals surface area (Å²) in [6.07, 6.45) is 3.76. The van der Waals surface area contributed by atoms with Crippen molar-refractivity contribution in [1.29, 1.82) is 0 Å². The highest BCUT2D eigenvalue weighted by molar-refractivity contribution is 5.08. The first kappa shape index (κ1) is 14.4. The van der Waals surface area contributed by atoms with Crippen LogP contribution in [0.5, 0.6) is 0 Å². The zero-order valence-electron chi connectivity index (χ0n) is 11.7. The molecule has 1 aromatic rings. The lowest BCUT2D eigenvalue weighted by Gasteiger charge is -2.25. The Morgan fingerprint density at radius 1 is 1.42 bits per heavy atom. The van der Waals surface area contributed by atoms with Crippen LogP contribution in [-0.4, -0.2) is 34.1 Å². The highest BCUT2D eigenvalue weighted by Crippen LogP contribution is 2.28. The van der Waals surface area contributed by atoms with Gasteiger partial charge >= 0.3 is 0 Å². The van der Waals surface area contributed by atoms with E-state index >= 15 is 0 Å². The van der Waals surface area contributed by atoms with E-state index in [9.17, 15) is 9.50 Å². The second kappa shape index (κ2) is 6.44. The van der Waals surface area contributed by atoms with Crippen molar-refractivity contribution in [1.82, 2.24) is 9.88 Å². The fraction of sp³-hybridized carbons (Fsp3) is 0.667. The van der Waals surface area contributed by atoms with Gasteiger partial charge in [0.2, 0.25) is 0 Å². The van der Waals surface area contributed by atoms with Crippen LogP contribution < -0.4 is 0 Å². The number of nitrogens with zero attached hydrogens (tertiary/aromatic N) is 2. The Morgan fingerprint density at radius 2 is 2.16 bits per heavy atom. The van der Waals surface area contributed by atoms with Crippen LogP contribution in [0, 0.1) is 11.7 Å². The highest BCUT2D eigenvalue weighted by Gasteiger charge is 2.29. The third-order valence-corrected chi connectivity index (χ3v) is 3.44. The Kier molecular flexibility index (Phi) is 4.88. The molecule has 0 spiro atoms. The van der Waals surface area contributed by atoms with Gasteiger partial charge in [-0.1, -0.05) is 13.8 Å². The van der Waals surface area contributed by atoms with Crippen LogP contribution in [0.3, 0.4) is 0 Å². The second-order valence-electron chi connectivity index (χ2n) is 5.83. The smallest absolute Gasteiger partial charge is 0.141 e. The van der Waals surface area contributed by atoms with Crippen molar-refractivity contribution in [2.24, 2.45) is 5.92 Å². The molecule has 1 aliphatic rings. The Labute approximate surface area is 114 Å². The van der Waals surface area contributed by atoms with Gasteiger partial charge in [0.05, 0.1) is 18.0 Å². The molecule has 1 unspecified atom stereocenters. The molecule has 0 radical (unpaired) electrons. The molecule has 106 valence electrons. The lowest BCUT2D eigenvalue weighted by Crippen LogP contribution is -2.31. The maximum atomic E-state index is 12.8. The van der Waals surface area contributed by atoms with E-state index in [-0.39, 0.29) is 5.82 Å². The third-order valence-electron chi connectivity index (χ3n) is 3.44. The minimum atomic E-state index is -0.603. The van der Waals surface area contributed by atoms with Crippen LogP contribution in [0.15, 0.2) is 18.3 Å². The number of pyridine rings is 1. The van der Waals surface area contributed by atoms with Gasteiger partial charge in [-0.15, -0.1) is 0 Å². The SMILES string of the molecule is CC(C)CN(CCC(O)c1ccc(F)cn1)C1CC1. The van der Waals surface area contributed by atoms with Crippen molar-refractivity contribution in [2.45, 2.75) is 45.3 Å². The van der Waals surface area contributed by atoms with Crippen LogP contribution >= 0.6 is 0 Å². The molecule has 1 heterocycles. The van der Waals surface area contributed by atoms with Gasteiger partial charge in [-0.3, -0.25) is 4.98 Å². The van der Waals surface area contributed by atoms with Gasteiger partial charge in [-0.25, -0.2) is 4.39 Å². The van der Waals surface area contributed by atoms with E-state index in [2.05, 4.69) is 23.7 Å². The molecule has 1 atom stereocenters. The van der Waals surface area contributed by atoms with E-state index in [1.165, 1.54) is 18.9 Å². The van der Waals surface area contributed by atoms with Crippen LogP contribution in [0.1, 0.15) is 44.9 Å². The first-order chi connectivity index (χ1) is 9.06. The summed E-state index contributed by atoms with van der Waals surface area (Å²) < 4.78 is 12.8. The molecule has 3 nitrogen and oxygen atoms in total. The van der Waals surface area contributed by atoms with Gasteiger partial charge in [0.15, 0.2) is 0 Å². The minimum absolute atomic E-state index is 0.365. The predicted octanol–water partition coefficient (Wildman–Crippen LogP) is 2.76. The number of aliphatic hydroxyl groups excluding tert-OH is 1. The second-order valence-corrected chi connectivity index (χ2v) is 5.83. The molecule has 1 fully saturated rings. The van der Waals surface area contributed by atoms with E-state index in [4.69, 9.17) is 0 Å². The Morgan fingerprint density at radius 3 is 2.68 bits per heavy atom. The Hall–Kier alpha value is -1.00. The summed E-state index contributed by atoms with van der Waals surface area (Å²) in [5.41, 5.74) is 0.557. The lowest BCUT2D eigenvalue weighted by molar-refractivity contribution is 0.130. The predicted molar refractivity (Wildman–Crippen MR) is 73.2 cm³/mol. The summed E-state index contributed by atoms with van der Waals surface area (Å²) in [5, 5.41) is 10.1. The van der Waals surface area contributed by atoms with Gasteiger partial charge in [-0.2, -0.15) is 0 Å². The maximum Gasteiger partial charge on any atom is 0.141 e. The summed E-state index contributed by atoms with van der Waals surface area (Å²) in [5.74, 6) is 0.275. The molecule has 2 rings (SSSR count). The third kappa shape index (κ3) is 4.55. The zero-order valence-corrected chi connectivity index (χ0v) is 11.7. The molecule has 0 amide bonds. The fourth-order valence-corrected chi connectivity index (χ4v) is 2.35. The molecule has 4 heteroatoms. The summed E-state index contributed by atoms with van der Waals surface area (Å²) in [6, 6.07) is 3.61. The molecule has 1 aromatic heterocycles. The minimum Gasteiger partial charge on any atom is -0.387 e. The van der Waals surface area contributed by atoms with Gasteiger partial charge in [-0.05, 0) is 37.3 Å². The van der Waals surface area contributed by atoms with Crippen molar-refractivity contribution in [2.75, 3.05) is 13.1 Å². The highest BCUT2D eigenvalue weighted by atomic mass is 19.1. The number of aromatic nitrogens is 1. The van der Waals surface area contributed by atoms with E-state index in [0.29, 0.717) is 24.1 Å². The molecule has 1 N–H and O–H groups in total. The van der Waals surface area contributed by atoms with Gasteiger partial charge in [0, 0.05) is 19.1 Å². The van der Waals surface area contributed by atoms with E-state index in [1.807, 2.05) is 0 Å². The summed E-state index contributed by atoms with van der Waals surface area (Å²) >= 11 is 0. The van der Waals surface area contributed by atoms with Gasteiger partial charge in [0.1, 0.15) is 5.82 Å². The average Bonchev–Trinajstić information content (AvgIpc) is 3.18. The molecule has 0 aliphatic heterocycles. The van der Waals surface area contributed by atoms with Crippen LogP contribution in [0.2, 0.25) is 0 Å². The molecule has 19 heavy (non-hydrogen) atoms. The molecule has 0 bridgehead atoms. The number of hydrogen-bond acceptors (Lipinski definition) is 3. The normalized spacial score (nSPS) is 17.2. The van der Waals surface area contributed by atoms with Gasteiger partial charge < -0.3 is 10.0 Å². The molecular formula is C15H23FN2O. The van der Waals surface area contributed by atoms with Crippen LogP contribution in [-0.2, 0) is 0 Å². The molecular weight excluding hydrogens is 243 g/mol. The van der Waals surface area contributed by atoms with Crippen LogP contribution in [0.25, 0.3) is 0 Å². The average molecular weight is 266 g/mol. The van der Waals surface area contributed by atoms with Crippen molar-refractivity contribution in [3.05, 3.63) is 29.8 Å². The van der Waals surface area contributed by atoms with Crippen molar-refractivity contribution < 1.29 is 9.50 Å². The van der Waals surface area contributed by atoms with Crippen molar-refractivity contribution in [3.63, 3.8) is 0 Å². The zero-order chi connectivity index (χ0) is 13.8. The number of aliphatic hydroxyl groups is 1. The molecule has 0 saturated heterocycles. The molecule has 0 aromatic carbocycles. The molecule has 1 saturated carbocycles. The quantitative estimate of drug-likeness (QED) is 0.824. The topological polar surface area (TPSA) is 36.4 Å². The standard InChI is InChI=1S/C15H23FN2O/c1-11(2)10-18(13-4-5-13)8-7-15(19)14-6-3-12(16)9-17-14/h3,6,9,11,13,15,19H,4-5,7-8,10H2,1-2H3. The Bertz CT molecular complexity index is 390. The van der Waals surface area contributed by atoms with Crippen LogP contribution in [0.4, 0.5) is 4.39 Å². The number of rotatable bonds is 7. The van der Waals surface area contributed by atoms with Crippen molar-refractivity contribution >= 4 is 0 Å². The number of halogens is 1. The van der Waals surface area contributed by atoms with E-state index in [1.54, 1.807) is 6.07 Å². The fourth-order valence-electron chi connectivity index (χ4n) is 2.35. The Balaban J connectivity index is 1.84. The largest absolute Gasteiger partial charge is 0.387 e. The number of hydrogen-bond donors (Lipinski definition) is 1. The van der Waals surface area contributed by atoms with Crippen molar-refractivity contribution in [3.8, 4) is 0 Å². The van der Waals surface area contributed by atoms with E-state index < -0.39 is 6.10 Å². The first-order valence-electron chi connectivity index (χ1n) is 7.10. The monoisotopic (exact) mass is 266 g/mol.